The van der Waals surface area contributed by atoms with E-state index in [1.807, 2.05) is 38.1 Å². The van der Waals surface area contributed by atoms with Crippen LogP contribution in [-0.4, -0.2) is 24.0 Å². The van der Waals surface area contributed by atoms with E-state index in [2.05, 4.69) is 10.3 Å². The summed E-state index contributed by atoms with van der Waals surface area (Å²) in [4.78, 5) is 28.6. The van der Waals surface area contributed by atoms with Gasteiger partial charge in [-0.3, -0.25) is 4.79 Å². The van der Waals surface area contributed by atoms with Gasteiger partial charge in [-0.15, -0.1) is 11.3 Å². The number of carbonyl (C=O) groups is 2. The predicted octanol–water partition coefficient (Wildman–Crippen LogP) is 4.47. The van der Waals surface area contributed by atoms with E-state index in [0.717, 1.165) is 16.1 Å². The van der Waals surface area contributed by atoms with E-state index in [1.165, 1.54) is 24.0 Å². The Morgan fingerprint density at radius 2 is 1.81 bits per heavy atom. The molecule has 0 saturated carbocycles. The highest BCUT2D eigenvalue weighted by atomic mass is 32.1. The van der Waals surface area contributed by atoms with Crippen LogP contribution in [0.15, 0.2) is 47.8 Å². The third-order valence-corrected chi connectivity index (χ3v) is 4.83. The lowest BCUT2D eigenvalue weighted by atomic mass is 10.1. The normalized spacial score (nSPS) is 10.4. The van der Waals surface area contributed by atoms with Crippen LogP contribution in [0.2, 0.25) is 0 Å². The number of hydrogen-bond donors (Lipinski definition) is 1. The van der Waals surface area contributed by atoms with Crippen molar-refractivity contribution in [2.75, 3.05) is 12.4 Å². The average molecular weight is 366 g/mol. The van der Waals surface area contributed by atoms with E-state index in [1.54, 1.807) is 23.6 Å². The molecule has 3 rings (SSSR count). The number of nitrogens with zero attached hydrogens (tertiary/aromatic N) is 1. The van der Waals surface area contributed by atoms with Gasteiger partial charge >= 0.3 is 5.97 Å². The minimum Gasteiger partial charge on any atom is -0.465 e. The zero-order valence-corrected chi connectivity index (χ0v) is 15.5. The second-order valence-electron chi connectivity index (χ2n) is 5.88. The average Bonchev–Trinajstić information content (AvgIpc) is 3.13. The fourth-order valence-corrected chi connectivity index (χ4v) is 3.20. The number of anilines is 1. The Morgan fingerprint density at radius 1 is 1.08 bits per heavy atom. The van der Waals surface area contributed by atoms with Gasteiger partial charge in [0.1, 0.15) is 10.7 Å². The van der Waals surface area contributed by atoms with Gasteiger partial charge < -0.3 is 10.1 Å². The van der Waals surface area contributed by atoms with E-state index in [9.17, 15) is 9.59 Å². The van der Waals surface area contributed by atoms with Gasteiger partial charge in [0.25, 0.3) is 5.91 Å². The highest BCUT2D eigenvalue weighted by molar-refractivity contribution is 7.13. The summed E-state index contributed by atoms with van der Waals surface area (Å²) in [6, 6.07) is 13.0. The lowest BCUT2D eigenvalue weighted by molar-refractivity contribution is 0.0600. The minimum absolute atomic E-state index is 0.315. The van der Waals surface area contributed by atoms with Gasteiger partial charge in [0.05, 0.1) is 12.7 Å². The molecule has 1 amide bonds. The molecule has 0 radical (unpaired) electrons. The van der Waals surface area contributed by atoms with Crippen molar-refractivity contribution in [3.05, 3.63) is 70.2 Å². The number of thiazole rings is 1. The Kier molecular flexibility index (Phi) is 5.14. The van der Waals surface area contributed by atoms with Crippen molar-refractivity contribution in [1.82, 2.24) is 4.98 Å². The molecule has 0 spiro atoms. The Bertz CT molecular complexity index is 961. The lowest BCUT2D eigenvalue weighted by Crippen LogP contribution is -2.14. The molecule has 2 aromatic carbocycles. The number of ether oxygens (including phenoxy) is 1. The maximum atomic E-state index is 12.5. The van der Waals surface area contributed by atoms with E-state index >= 15 is 0 Å². The van der Waals surface area contributed by atoms with E-state index in [-0.39, 0.29) is 5.91 Å². The van der Waals surface area contributed by atoms with Gasteiger partial charge in [-0.2, -0.15) is 0 Å². The van der Waals surface area contributed by atoms with Crippen molar-refractivity contribution in [3.8, 4) is 10.6 Å². The van der Waals surface area contributed by atoms with Crippen LogP contribution in [0, 0.1) is 13.8 Å². The fourth-order valence-electron chi connectivity index (χ4n) is 2.39. The molecular weight excluding hydrogens is 348 g/mol. The Hall–Kier alpha value is -2.99. The first-order valence-electron chi connectivity index (χ1n) is 8.01. The number of esters is 1. The molecule has 6 heteroatoms. The number of benzene rings is 2. The second-order valence-corrected chi connectivity index (χ2v) is 6.74. The zero-order chi connectivity index (χ0) is 18.7. The number of carbonyl (C=O) groups excluding carboxylic acids is 2. The van der Waals surface area contributed by atoms with Crippen molar-refractivity contribution in [2.45, 2.75) is 13.8 Å². The monoisotopic (exact) mass is 366 g/mol. The summed E-state index contributed by atoms with van der Waals surface area (Å²) in [7, 11) is 1.32. The van der Waals surface area contributed by atoms with Crippen molar-refractivity contribution in [1.29, 1.82) is 0 Å². The van der Waals surface area contributed by atoms with Crippen LogP contribution in [0.5, 0.6) is 0 Å². The largest absolute Gasteiger partial charge is 0.465 e. The molecule has 0 fully saturated rings. The van der Waals surface area contributed by atoms with Gasteiger partial charge in [0.2, 0.25) is 0 Å². The molecule has 0 bridgehead atoms. The molecule has 1 heterocycles. The van der Waals surface area contributed by atoms with E-state index < -0.39 is 5.97 Å². The summed E-state index contributed by atoms with van der Waals surface area (Å²) < 4.78 is 4.72. The van der Waals surface area contributed by atoms with Crippen LogP contribution in [0.3, 0.4) is 0 Å². The van der Waals surface area contributed by atoms with Crippen LogP contribution in [0.4, 0.5) is 5.69 Å². The molecule has 0 unspecified atom stereocenters. The maximum Gasteiger partial charge on any atom is 0.337 e. The number of amides is 1. The molecule has 132 valence electrons. The molecule has 1 N–H and O–H groups in total. The quantitative estimate of drug-likeness (QED) is 0.692. The summed E-state index contributed by atoms with van der Waals surface area (Å²) in [6.07, 6.45) is 0. The number of nitrogens with one attached hydrogen (secondary N) is 1. The first kappa shape index (κ1) is 17.8. The Balaban J connectivity index is 1.81. The standard InChI is InChI=1S/C20H18N2O3S/c1-12-4-7-14(8-5-12)19-22-17(11-26-19)18(23)21-16-10-15(20(24)25-3)9-6-13(16)2/h4-11H,1-3H3,(H,21,23). The number of methoxy groups -OCH3 is 1. The number of aromatic nitrogens is 1. The first-order chi connectivity index (χ1) is 12.5. The number of hydrogen-bond acceptors (Lipinski definition) is 5. The minimum atomic E-state index is -0.448. The van der Waals surface area contributed by atoms with Gasteiger partial charge in [-0.25, -0.2) is 9.78 Å². The smallest absolute Gasteiger partial charge is 0.337 e. The van der Waals surface area contributed by atoms with Crippen molar-refractivity contribution >= 4 is 28.9 Å². The first-order valence-corrected chi connectivity index (χ1v) is 8.89. The lowest BCUT2D eigenvalue weighted by Gasteiger charge is -2.09. The van der Waals surface area contributed by atoms with Gasteiger partial charge in [0.15, 0.2) is 0 Å². The molecule has 5 nitrogen and oxygen atoms in total. The predicted molar refractivity (Wildman–Crippen MR) is 103 cm³/mol. The highest BCUT2D eigenvalue weighted by Crippen LogP contribution is 2.25. The Morgan fingerprint density at radius 3 is 2.50 bits per heavy atom. The molecule has 1 aromatic heterocycles. The van der Waals surface area contributed by atoms with Crippen LogP contribution in [0.1, 0.15) is 32.0 Å². The van der Waals surface area contributed by atoms with E-state index in [0.29, 0.717) is 16.9 Å². The van der Waals surface area contributed by atoms with Crippen molar-refractivity contribution in [2.24, 2.45) is 0 Å². The molecule has 3 aromatic rings. The molecule has 0 aliphatic rings. The Labute approximate surface area is 155 Å². The summed E-state index contributed by atoms with van der Waals surface area (Å²) in [5.74, 6) is -0.763. The number of rotatable bonds is 4. The van der Waals surface area contributed by atoms with Crippen LogP contribution >= 0.6 is 11.3 Å². The van der Waals surface area contributed by atoms with Gasteiger partial charge in [0, 0.05) is 16.6 Å². The summed E-state index contributed by atoms with van der Waals surface area (Å²) in [5.41, 5.74) is 4.27. The summed E-state index contributed by atoms with van der Waals surface area (Å²) in [5, 5.41) is 5.33. The van der Waals surface area contributed by atoms with Gasteiger partial charge in [-0.1, -0.05) is 35.9 Å². The van der Waals surface area contributed by atoms with Gasteiger partial charge in [-0.05, 0) is 31.5 Å². The SMILES string of the molecule is COC(=O)c1ccc(C)c(NC(=O)c2csc(-c3ccc(C)cc3)n2)c1. The molecule has 26 heavy (non-hydrogen) atoms. The topological polar surface area (TPSA) is 68.3 Å². The van der Waals surface area contributed by atoms with Crippen molar-refractivity contribution < 1.29 is 14.3 Å². The summed E-state index contributed by atoms with van der Waals surface area (Å²) >= 11 is 1.42. The molecule has 0 saturated heterocycles. The second kappa shape index (κ2) is 7.49. The highest BCUT2D eigenvalue weighted by Gasteiger charge is 2.15. The maximum absolute atomic E-state index is 12.5. The van der Waals surface area contributed by atoms with Crippen LogP contribution < -0.4 is 5.32 Å². The molecule has 0 aliphatic heterocycles. The molecule has 0 atom stereocenters. The third kappa shape index (κ3) is 3.81. The molecule has 0 aliphatic carbocycles. The van der Waals surface area contributed by atoms with Crippen LogP contribution in [-0.2, 0) is 4.74 Å². The number of aryl methyl sites for hydroxylation is 2. The molecular formula is C20H18N2O3S. The van der Waals surface area contributed by atoms with Crippen LogP contribution in [0.25, 0.3) is 10.6 Å². The fraction of sp³-hybridized carbons (Fsp3) is 0.150. The van der Waals surface area contributed by atoms with E-state index in [4.69, 9.17) is 4.74 Å². The van der Waals surface area contributed by atoms with Crippen molar-refractivity contribution in [3.63, 3.8) is 0 Å². The zero-order valence-electron chi connectivity index (χ0n) is 14.7. The third-order valence-electron chi connectivity index (χ3n) is 3.94. The summed E-state index contributed by atoms with van der Waals surface area (Å²) in [6.45, 7) is 3.88.